The number of carbonyl (C=O) groups excluding carboxylic acids is 1. The highest BCUT2D eigenvalue weighted by Crippen LogP contribution is 2.21. The molecular formula is C31H36ClN3O2. The predicted molar refractivity (Wildman–Crippen MR) is 152 cm³/mol. The number of ether oxygens (including phenoxy) is 1. The quantitative estimate of drug-likeness (QED) is 0.189. The standard InChI is InChI=1S/C31H36ClN3O2/c1-23-17-18-29(24(2)22-23)37-21-11-10-20-35-28-15-8-7-14-27(28)34-30(35)16-4-3-9-19-33-31(36)25-12-5-6-13-26(25)32/h5-8,12-15,17-18,22H,3-4,9-11,16,19-21H2,1-2H3,(H,33,36). The fraction of sp³-hybridized carbons (Fsp3) is 0.355. The van der Waals surface area contributed by atoms with E-state index < -0.39 is 0 Å². The third-order valence-electron chi connectivity index (χ3n) is 6.58. The van der Waals surface area contributed by atoms with Gasteiger partial charge in [-0.15, -0.1) is 0 Å². The number of aromatic nitrogens is 2. The molecule has 1 heterocycles. The fourth-order valence-corrected chi connectivity index (χ4v) is 4.83. The van der Waals surface area contributed by atoms with Crippen LogP contribution in [-0.4, -0.2) is 28.6 Å². The molecule has 0 saturated heterocycles. The van der Waals surface area contributed by atoms with E-state index in [4.69, 9.17) is 21.3 Å². The Kier molecular flexibility index (Phi) is 9.61. The number of para-hydroxylation sites is 2. The lowest BCUT2D eigenvalue weighted by molar-refractivity contribution is 0.0953. The fourth-order valence-electron chi connectivity index (χ4n) is 4.61. The smallest absolute Gasteiger partial charge is 0.252 e. The first-order valence-electron chi connectivity index (χ1n) is 13.2. The van der Waals surface area contributed by atoms with Crippen molar-refractivity contribution < 1.29 is 9.53 Å². The molecule has 194 valence electrons. The Hall–Kier alpha value is -3.31. The number of halogens is 1. The molecule has 0 bridgehead atoms. The van der Waals surface area contributed by atoms with Gasteiger partial charge in [0.25, 0.3) is 5.91 Å². The van der Waals surface area contributed by atoms with Crippen LogP contribution in [0.15, 0.2) is 66.7 Å². The molecule has 0 unspecified atom stereocenters. The van der Waals surface area contributed by atoms with Gasteiger partial charge >= 0.3 is 0 Å². The van der Waals surface area contributed by atoms with Crippen LogP contribution < -0.4 is 10.1 Å². The van der Waals surface area contributed by atoms with E-state index in [9.17, 15) is 4.79 Å². The van der Waals surface area contributed by atoms with Gasteiger partial charge in [-0.2, -0.15) is 0 Å². The van der Waals surface area contributed by atoms with Crippen LogP contribution in [0.5, 0.6) is 5.75 Å². The van der Waals surface area contributed by atoms with E-state index in [-0.39, 0.29) is 5.91 Å². The molecule has 1 aromatic heterocycles. The maximum Gasteiger partial charge on any atom is 0.252 e. The van der Waals surface area contributed by atoms with Crippen molar-refractivity contribution in [3.05, 3.63) is 94.3 Å². The van der Waals surface area contributed by atoms with Crippen molar-refractivity contribution in [2.24, 2.45) is 0 Å². The summed E-state index contributed by atoms with van der Waals surface area (Å²) < 4.78 is 8.39. The molecule has 1 amide bonds. The van der Waals surface area contributed by atoms with Gasteiger partial charge in [0, 0.05) is 19.5 Å². The second-order valence-electron chi connectivity index (χ2n) is 9.54. The summed E-state index contributed by atoms with van der Waals surface area (Å²) in [5.41, 5.74) is 5.21. The van der Waals surface area contributed by atoms with Gasteiger partial charge in [0.15, 0.2) is 0 Å². The van der Waals surface area contributed by atoms with E-state index >= 15 is 0 Å². The minimum absolute atomic E-state index is 0.117. The summed E-state index contributed by atoms with van der Waals surface area (Å²) in [6.45, 7) is 6.48. The van der Waals surface area contributed by atoms with Crippen LogP contribution in [0.25, 0.3) is 11.0 Å². The van der Waals surface area contributed by atoms with Gasteiger partial charge in [-0.25, -0.2) is 4.98 Å². The SMILES string of the molecule is Cc1ccc(OCCCCn2c(CCCCCNC(=O)c3ccccc3Cl)nc3ccccc32)c(C)c1. The largest absolute Gasteiger partial charge is 0.493 e. The second kappa shape index (κ2) is 13.3. The summed E-state index contributed by atoms with van der Waals surface area (Å²) in [6, 6.07) is 21.8. The summed E-state index contributed by atoms with van der Waals surface area (Å²) >= 11 is 6.11. The lowest BCUT2D eigenvalue weighted by atomic mass is 10.1. The van der Waals surface area contributed by atoms with Crippen molar-refractivity contribution in [2.75, 3.05) is 13.2 Å². The van der Waals surface area contributed by atoms with E-state index in [0.717, 1.165) is 62.2 Å². The molecule has 4 aromatic rings. The Morgan fingerprint density at radius 3 is 2.59 bits per heavy atom. The number of nitrogens with one attached hydrogen (secondary N) is 1. The molecule has 5 nitrogen and oxygen atoms in total. The van der Waals surface area contributed by atoms with Crippen molar-refractivity contribution in [3.8, 4) is 5.75 Å². The lowest BCUT2D eigenvalue weighted by Crippen LogP contribution is -2.24. The zero-order valence-electron chi connectivity index (χ0n) is 21.8. The number of imidazole rings is 1. The number of benzene rings is 3. The normalized spacial score (nSPS) is 11.1. The van der Waals surface area contributed by atoms with Crippen LogP contribution in [-0.2, 0) is 13.0 Å². The summed E-state index contributed by atoms with van der Waals surface area (Å²) in [6.07, 6.45) is 5.92. The molecule has 4 rings (SSSR count). The van der Waals surface area contributed by atoms with Crippen LogP contribution in [0.1, 0.15) is 59.4 Å². The average molecular weight is 518 g/mol. The Balaban J connectivity index is 1.23. The zero-order valence-corrected chi connectivity index (χ0v) is 22.6. The van der Waals surface area contributed by atoms with Crippen molar-refractivity contribution >= 4 is 28.5 Å². The molecule has 0 fully saturated rings. The van der Waals surface area contributed by atoms with Gasteiger partial charge in [0.2, 0.25) is 0 Å². The van der Waals surface area contributed by atoms with Gasteiger partial charge in [0.05, 0.1) is 28.2 Å². The molecule has 37 heavy (non-hydrogen) atoms. The van der Waals surface area contributed by atoms with Crippen LogP contribution in [0, 0.1) is 13.8 Å². The number of nitrogens with zero attached hydrogens (tertiary/aromatic N) is 2. The number of aryl methyl sites for hydroxylation is 4. The first-order valence-corrected chi connectivity index (χ1v) is 13.6. The number of hydrogen-bond donors (Lipinski definition) is 1. The number of amides is 1. The molecule has 0 aliphatic carbocycles. The van der Waals surface area contributed by atoms with Gasteiger partial charge in [-0.3, -0.25) is 4.79 Å². The third kappa shape index (κ3) is 7.36. The average Bonchev–Trinajstić information content (AvgIpc) is 3.24. The summed E-state index contributed by atoms with van der Waals surface area (Å²) in [5, 5.41) is 3.46. The van der Waals surface area contributed by atoms with Gasteiger partial charge in [-0.05, 0) is 75.4 Å². The monoisotopic (exact) mass is 517 g/mol. The highest BCUT2D eigenvalue weighted by Gasteiger charge is 2.11. The molecule has 0 saturated carbocycles. The number of hydrogen-bond acceptors (Lipinski definition) is 3. The maximum atomic E-state index is 12.3. The lowest BCUT2D eigenvalue weighted by Gasteiger charge is -2.12. The van der Waals surface area contributed by atoms with E-state index in [1.807, 2.05) is 18.2 Å². The second-order valence-corrected chi connectivity index (χ2v) is 9.95. The number of rotatable bonds is 13. The zero-order chi connectivity index (χ0) is 26.0. The van der Waals surface area contributed by atoms with Crippen LogP contribution in [0.3, 0.4) is 0 Å². The van der Waals surface area contributed by atoms with Gasteiger partial charge < -0.3 is 14.6 Å². The minimum Gasteiger partial charge on any atom is -0.493 e. The summed E-state index contributed by atoms with van der Waals surface area (Å²) in [5.74, 6) is 1.99. The van der Waals surface area contributed by atoms with E-state index in [2.05, 4.69) is 60.1 Å². The highest BCUT2D eigenvalue weighted by atomic mass is 35.5. The first kappa shape index (κ1) is 26.7. The topological polar surface area (TPSA) is 56.1 Å². The van der Waals surface area contributed by atoms with E-state index in [1.165, 1.54) is 16.6 Å². The van der Waals surface area contributed by atoms with E-state index in [0.29, 0.717) is 23.7 Å². The van der Waals surface area contributed by atoms with Crippen molar-refractivity contribution in [1.29, 1.82) is 0 Å². The van der Waals surface area contributed by atoms with Crippen LogP contribution in [0.2, 0.25) is 5.02 Å². The number of carbonyl (C=O) groups is 1. The number of fused-ring (bicyclic) bond motifs is 1. The molecule has 0 spiro atoms. The maximum absolute atomic E-state index is 12.3. The summed E-state index contributed by atoms with van der Waals surface area (Å²) in [7, 11) is 0. The third-order valence-corrected chi connectivity index (χ3v) is 6.91. The Morgan fingerprint density at radius 2 is 1.76 bits per heavy atom. The van der Waals surface area contributed by atoms with Gasteiger partial charge in [-0.1, -0.05) is 60.0 Å². The molecule has 3 aromatic carbocycles. The Labute approximate surface area is 224 Å². The summed E-state index contributed by atoms with van der Waals surface area (Å²) in [4.78, 5) is 17.2. The van der Waals surface area contributed by atoms with Crippen LogP contribution in [0.4, 0.5) is 0 Å². The Bertz CT molecular complexity index is 1330. The molecule has 6 heteroatoms. The van der Waals surface area contributed by atoms with Crippen molar-refractivity contribution in [3.63, 3.8) is 0 Å². The molecule has 1 N–H and O–H groups in total. The predicted octanol–water partition coefficient (Wildman–Crippen LogP) is 7.31. The van der Waals surface area contributed by atoms with Crippen molar-refractivity contribution in [2.45, 2.75) is 58.9 Å². The molecular weight excluding hydrogens is 482 g/mol. The molecule has 0 aliphatic heterocycles. The van der Waals surface area contributed by atoms with Gasteiger partial charge in [0.1, 0.15) is 11.6 Å². The highest BCUT2D eigenvalue weighted by molar-refractivity contribution is 6.33. The van der Waals surface area contributed by atoms with E-state index in [1.54, 1.807) is 12.1 Å². The number of unbranched alkanes of at least 4 members (excludes halogenated alkanes) is 3. The molecule has 0 radical (unpaired) electrons. The van der Waals surface area contributed by atoms with Crippen LogP contribution >= 0.6 is 11.6 Å². The first-order chi connectivity index (χ1) is 18.0. The van der Waals surface area contributed by atoms with Crippen molar-refractivity contribution in [1.82, 2.24) is 14.9 Å². The minimum atomic E-state index is -0.117. The molecule has 0 atom stereocenters. The Morgan fingerprint density at radius 1 is 0.946 bits per heavy atom. The molecule has 0 aliphatic rings.